The molecule has 2 nitrogen and oxygen atoms in total. The summed E-state index contributed by atoms with van der Waals surface area (Å²) in [6.07, 6.45) is 1.65. The molecule has 14 heavy (non-hydrogen) atoms. The number of rotatable bonds is 4. The Morgan fingerprint density at radius 1 is 1.57 bits per heavy atom. The van der Waals surface area contributed by atoms with Crippen molar-refractivity contribution in [3.8, 4) is 5.75 Å². The Morgan fingerprint density at radius 3 is 2.86 bits per heavy atom. The number of aliphatic hydroxyl groups excluding tert-OH is 1. The van der Waals surface area contributed by atoms with E-state index in [1.807, 2.05) is 0 Å². The summed E-state index contributed by atoms with van der Waals surface area (Å²) in [6, 6.07) is 3.40. The minimum Gasteiger partial charge on any atom is -0.488 e. The monoisotopic (exact) mass is 276 g/mol. The lowest BCUT2D eigenvalue weighted by Gasteiger charge is -2.08. The highest BCUT2D eigenvalue weighted by Gasteiger charge is 2.06. The minimum absolute atomic E-state index is 0.0842. The van der Waals surface area contributed by atoms with Gasteiger partial charge in [-0.15, -0.1) is 0 Å². The van der Waals surface area contributed by atoms with Crippen LogP contribution in [0, 0.1) is 0 Å². The van der Waals surface area contributed by atoms with Crippen LogP contribution in [0.2, 0.25) is 5.02 Å². The molecule has 0 aliphatic carbocycles. The Labute approximate surface area is 96.3 Å². The van der Waals surface area contributed by atoms with E-state index >= 15 is 0 Å². The van der Waals surface area contributed by atoms with Gasteiger partial charge in [0, 0.05) is 11.1 Å². The quantitative estimate of drug-likeness (QED) is 0.857. The molecule has 0 fully saturated rings. The summed E-state index contributed by atoms with van der Waals surface area (Å²) >= 11 is 9.22. The first-order valence-corrected chi connectivity index (χ1v) is 5.18. The zero-order valence-corrected chi connectivity index (χ0v) is 9.81. The Balaban J connectivity index is 2.96. The molecule has 0 aliphatic heterocycles. The lowest BCUT2D eigenvalue weighted by molar-refractivity contribution is 0.281. The van der Waals surface area contributed by atoms with E-state index in [4.69, 9.17) is 21.4 Å². The predicted octanol–water partition coefficient (Wildman–Crippen LogP) is 3.16. The third-order valence-electron chi connectivity index (χ3n) is 1.63. The topological polar surface area (TPSA) is 29.5 Å². The zero-order chi connectivity index (χ0) is 10.6. The lowest BCUT2D eigenvalue weighted by atomic mass is 10.2. The first kappa shape index (κ1) is 11.6. The lowest BCUT2D eigenvalue weighted by Crippen LogP contribution is -1.95. The highest BCUT2D eigenvalue weighted by Crippen LogP contribution is 2.31. The molecule has 0 amide bonds. The van der Waals surface area contributed by atoms with Crippen LogP contribution >= 0.6 is 27.5 Å². The van der Waals surface area contributed by atoms with Crippen molar-refractivity contribution < 1.29 is 9.84 Å². The maximum atomic E-state index is 8.95. The second-order valence-electron chi connectivity index (χ2n) is 2.63. The van der Waals surface area contributed by atoms with Crippen LogP contribution in [0.3, 0.4) is 0 Å². The second kappa shape index (κ2) is 5.39. The van der Waals surface area contributed by atoms with Gasteiger partial charge in [-0.2, -0.15) is 0 Å². The van der Waals surface area contributed by atoms with Crippen molar-refractivity contribution in [1.82, 2.24) is 0 Å². The van der Waals surface area contributed by atoms with Gasteiger partial charge in [0.1, 0.15) is 12.4 Å². The van der Waals surface area contributed by atoms with Gasteiger partial charge in [0.25, 0.3) is 0 Å². The van der Waals surface area contributed by atoms with Gasteiger partial charge in [-0.1, -0.05) is 24.3 Å². The first-order valence-electron chi connectivity index (χ1n) is 4.01. The van der Waals surface area contributed by atoms with Crippen molar-refractivity contribution >= 4 is 27.5 Å². The van der Waals surface area contributed by atoms with Crippen LogP contribution in [0.1, 0.15) is 5.56 Å². The fourth-order valence-electron chi connectivity index (χ4n) is 0.950. The van der Waals surface area contributed by atoms with Gasteiger partial charge >= 0.3 is 0 Å². The first-order chi connectivity index (χ1) is 6.69. The molecule has 0 unspecified atom stereocenters. The molecule has 0 atom stereocenters. The number of halogens is 2. The van der Waals surface area contributed by atoms with Crippen LogP contribution in [0.25, 0.3) is 0 Å². The molecule has 0 saturated heterocycles. The molecule has 1 N–H and O–H groups in total. The van der Waals surface area contributed by atoms with Crippen molar-refractivity contribution in [2.24, 2.45) is 0 Å². The Kier molecular flexibility index (Phi) is 4.45. The Morgan fingerprint density at radius 2 is 2.29 bits per heavy atom. The summed E-state index contributed by atoms with van der Waals surface area (Å²) < 4.78 is 6.11. The standard InChI is InChI=1S/C10H10BrClO2/c1-2-3-14-10-5-9(12)7(6-13)4-8(10)11/h2,4-5,13H,1,3,6H2. The van der Waals surface area contributed by atoms with E-state index in [1.165, 1.54) is 0 Å². The predicted molar refractivity (Wildman–Crippen MR) is 60.8 cm³/mol. The summed E-state index contributed by atoms with van der Waals surface area (Å²) in [7, 11) is 0. The minimum atomic E-state index is -0.0842. The average Bonchev–Trinajstić information content (AvgIpc) is 2.18. The summed E-state index contributed by atoms with van der Waals surface area (Å²) in [5.74, 6) is 0.645. The highest BCUT2D eigenvalue weighted by atomic mass is 79.9. The molecular weight excluding hydrogens is 267 g/mol. The van der Waals surface area contributed by atoms with Gasteiger partial charge < -0.3 is 9.84 Å². The van der Waals surface area contributed by atoms with Crippen LogP contribution in [0.5, 0.6) is 5.75 Å². The molecule has 0 heterocycles. The van der Waals surface area contributed by atoms with Crippen LogP contribution in [-0.2, 0) is 6.61 Å². The summed E-state index contributed by atoms with van der Waals surface area (Å²) in [5.41, 5.74) is 0.671. The molecule has 0 spiro atoms. The molecule has 1 aromatic carbocycles. The normalized spacial score (nSPS) is 9.93. The van der Waals surface area contributed by atoms with Crippen LogP contribution in [-0.4, -0.2) is 11.7 Å². The molecule has 0 aliphatic rings. The number of hydrogen-bond donors (Lipinski definition) is 1. The van der Waals surface area contributed by atoms with Crippen molar-refractivity contribution in [2.75, 3.05) is 6.61 Å². The van der Waals surface area contributed by atoms with Crippen LogP contribution in [0.15, 0.2) is 29.3 Å². The zero-order valence-electron chi connectivity index (χ0n) is 7.46. The molecule has 0 bridgehead atoms. The molecule has 4 heteroatoms. The second-order valence-corrected chi connectivity index (χ2v) is 3.89. The molecule has 0 radical (unpaired) electrons. The van der Waals surface area contributed by atoms with E-state index in [2.05, 4.69) is 22.5 Å². The van der Waals surface area contributed by atoms with E-state index in [1.54, 1.807) is 18.2 Å². The fraction of sp³-hybridized carbons (Fsp3) is 0.200. The summed E-state index contributed by atoms with van der Waals surface area (Å²) in [5, 5.41) is 9.44. The number of aliphatic hydroxyl groups is 1. The molecular formula is C10H10BrClO2. The van der Waals surface area contributed by atoms with E-state index < -0.39 is 0 Å². The van der Waals surface area contributed by atoms with Gasteiger partial charge in [0.15, 0.2) is 0 Å². The van der Waals surface area contributed by atoms with Crippen molar-refractivity contribution in [2.45, 2.75) is 6.61 Å². The van der Waals surface area contributed by atoms with Gasteiger partial charge in [-0.25, -0.2) is 0 Å². The van der Waals surface area contributed by atoms with E-state index in [-0.39, 0.29) is 6.61 Å². The summed E-state index contributed by atoms with van der Waals surface area (Å²) in [4.78, 5) is 0. The molecule has 1 aromatic rings. The van der Waals surface area contributed by atoms with Gasteiger partial charge in [-0.3, -0.25) is 0 Å². The maximum Gasteiger partial charge on any atom is 0.135 e. The summed E-state index contributed by atoms with van der Waals surface area (Å²) in [6.45, 7) is 3.89. The number of ether oxygens (including phenoxy) is 1. The van der Waals surface area contributed by atoms with Crippen molar-refractivity contribution in [1.29, 1.82) is 0 Å². The number of benzene rings is 1. The van der Waals surface area contributed by atoms with Crippen LogP contribution < -0.4 is 4.74 Å². The van der Waals surface area contributed by atoms with Gasteiger partial charge in [-0.05, 0) is 27.6 Å². The molecule has 76 valence electrons. The molecule has 0 aromatic heterocycles. The highest BCUT2D eigenvalue weighted by molar-refractivity contribution is 9.10. The SMILES string of the molecule is C=CCOc1cc(Cl)c(CO)cc1Br. The van der Waals surface area contributed by atoms with Gasteiger partial charge in [0.2, 0.25) is 0 Å². The van der Waals surface area contributed by atoms with Crippen LogP contribution in [0.4, 0.5) is 0 Å². The van der Waals surface area contributed by atoms with E-state index in [0.717, 1.165) is 4.47 Å². The average molecular weight is 278 g/mol. The third kappa shape index (κ3) is 2.74. The largest absolute Gasteiger partial charge is 0.488 e. The Bertz CT molecular complexity index is 339. The maximum absolute atomic E-state index is 8.95. The fourth-order valence-corrected chi connectivity index (χ4v) is 1.67. The van der Waals surface area contributed by atoms with Crippen molar-refractivity contribution in [3.63, 3.8) is 0 Å². The van der Waals surface area contributed by atoms with E-state index in [9.17, 15) is 0 Å². The number of hydrogen-bond acceptors (Lipinski definition) is 2. The molecule has 0 saturated carbocycles. The van der Waals surface area contributed by atoms with Crippen molar-refractivity contribution in [3.05, 3.63) is 39.8 Å². The third-order valence-corrected chi connectivity index (χ3v) is 2.60. The smallest absolute Gasteiger partial charge is 0.135 e. The Hall–Kier alpha value is -0.510. The molecule has 1 rings (SSSR count). The van der Waals surface area contributed by atoms with Gasteiger partial charge in [0.05, 0.1) is 11.1 Å². The van der Waals surface area contributed by atoms with E-state index in [0.29, 0.717) is 22.9 Å².